The Hall–Kier alpha value is -0.500. The van der Waals surface area contributed by atoms with Crippen LogP contribution in [0.1, 0.15) is 37.7 Å². The molecule has 0 aromatic heterocycles. The fourth-order valence-corrected chi connectivity index (χ4v) is 3.59. The third kappa shape index (κ3) is 3.74. The molecule has 1 nitrogen and oxygen atoms in total. The van der Waals surface area contributed by atoms with Gasteiger partial charge in [0, 0.05) is 5.33 Å². The Kier molecular flexibility index (Phi) is 5.55. The van der Waals surface area contributed by atoms with Crippen LogP contribution < -0.4 is 4.74 Å². The monoisotopic (exact) mass is 310 g/mol. The van der Waals surface area contributed by atoms with Crippen molar-refractivity contribution in [2.24, 2.45) is 11.8 Å². The molecular formula is C16H23BrO. The first kappa shape index (κ1) is 13.9. The van der Waals surface area contributed by atoms with Gasteiger partial charge in [-0.1, -0.05) is 59.8 Å². The normalized spacial score (nSPS) is 17.9. The van der Waals surface area contributed by atoms with Gasteiger partial charge in [0.05, 0.1) is 7.11 Å². The van der Waals surface area contributed by atoms with Crippen molar-refractivity contribution in [1.82, 2.24) is 0 Å². The summed E-state index contributed by atoms with van der Waals surface area (Å²) in [6.07, 6.45) is 8.25. The van der Waals surface area contributed by atoms with Crippen LogP contribution in [0, 0.1) is 11.8 Å². The number of ether oxygens (including phenoxy) is 1. The van der Waals surface area contributed by atoms with Gasteiger partial charge >= 0.3 is 0 Å². The fourth-order valence-electron chi connectivity index (χ4n) is 3.10. The molecule has 0 spiro atoms. The molecule has 0 bridgehead atoms. The van der Waals surface area contributed by atoms with Crippen LogP contribution in [0.25, 0.3) is 0 Å². The Morgan fingerprint density at radius 2 is 2.00 bits per heavy atom. The molecule has 1 aromatic carbocycles. The predicted octanol–water partition coefficient (Wildman–Crippen LogP) is 4.83. The van der Waals surface area contributed by atoms with E-state index in [4.69, 9.17) is 4.74 Å². The van der Waals surface area contributed by atoms with Crippen LogP contribution in [0.2, 0.25) is 0 Å². The zero-order valence-electron chi connectivity index (χ0n) is 11.2. The third-order valence-electron chi connectivity index (χ3n) is 4.06. The number of hydrogen-bond acceptors (Lipinski definition) is 1. The second-order valence-corrected chi connectivity index (χ2v) is 6.07. The van der Waals surface area contributed by atoms with E-state index in [0.717, 1.165) is 29.3 Å². The molecule has 0 heterocycles. The summed E-state index contributed by atoms with van der Waals surface area (Å²) in [4.78, 5) is 0. The molecule has 2 heteroatoms. The van der Waals surface area contributed by atoms with Gasteiger partial charge in [0.2, 0.25) is 0 Å². The van der Waals surface area contributed by atoms with Crippen molar-refractivity contribution in [3.05, 3.63) is 29.8 Å². The molecule has 0 radical (unpaired) electrons. The Bertz CT molecular complexity index is 358. The molecule has 0 aliphatic heterocycles. The largest absolute Gasteiger partial charge is 0.496 e. The van der Waals surface area contributed by atoms with Crippen molar-refractivity contribution in [2.75, 3.05) is 12.4 Å². The van der Waals surface area contributed by atoms with Gasteiger partial charge in [-0.2, -0.15) is 0 Å². The summed E-state index contributed by atoms with van der Waals surface area (Å²) in [5.74, 6) is 2.74. The highest BCUT2D eigenvalue weighted by molar-refractivity contribution is 9.09. The number of halogens is 1. The van der Waals surface area contributed by atoms with Crippen molar-refractivity contribution in [3.8, 4) is 5.75 Å². The van der Waals surface area contributed by atoms with Gasteiger partial charge in [-0.05, 0) is 36.3 Å². The van der Waals surface area contributed by atoms with Crippen molar-refractivity contribution in [2.45, 2.75) is 38.5 Å². The molecule has 100 valence electrons. The van der Waals surface area contributed by atoms with Gasteiger partial charge in [0.1, 0.15) is 5.75 Å². The van der Waals surface area contributed by atoms with Crippen molar-refractivity contribution in [1.29, 1.82) is 0 Å². The summed E-state index contributed by atoms with van der Waals surface area (Å²) in [6.45, 7) is 0. The zero-order chi connectivity index (χ0) is 12.8. The molecule has 1 saturated carbocycles. The molecule has 0 saturated heterocycles. The van der Waals surface area contributed by atoms with Gasteiger partial charge in [-0.3, -0.25) is 0 Å². The minimum Gasteiger partial charge on any atom is -0.496 e. The van der Waals surface area contributed by atoms with E-state index < -0.39 is 0 Å². The number of alkyl halides is 1. The lowest BCUT2D eigenvalue weighted by Crippen LogP contribution is -2.11. The van der Waals surface area contributed by atoms with E-state index in [1.165, 1.54) is 37.7 Å². The van der Waals surface area contributed by atoms with Gasteiger partial charge < -0.3 is 4.74 Å². The summed E-state index contributed by atoms with van der Waals surface area (Å²) in [5, 5.41) is 1.10. The topological polar surface area (TPSA) is 9.23 Å². The minimum absolute atomic E-state index is 0.740. The average Bonchev–Trinajstić information content (AvgIpc) is 2.91. The smallest absolute Gasteiger partial charge is 0.122 e. The summed E-state index contributed by atoms with van der Waals surface area (Å²) in [7, 11) is 1.76. The van der Waals surface area contributed by atoms with Crippen LogP contribution in [0.3, 0.4) is 0 Å². The number of hydrogen-bond donors (Lipinski definition) is 0. The van der Waals surface area contributed by atoms with Gasteiger partial charge in [0.25, 0.3) is 0 Å². The maximum absolute atomic E-state index is 5.45. The quantitative estimate of drug-likeness (QED) is 0.684. The Morgan fingerprint density at radius 1 is 1.28 bits per heavy atom. The molecule has 2 rings (SSSR count). The third-order valence-corrected chi connectivity index (χ3v) is 4.98. The van der Waals surface area contributed by atoms with Gasteiger partial charge in [-0.25, -0.2) is 0 Å². The van der Waals surface area contributed by atoms with Crippen LogP contribution in [-0.4, -0.2) is 12.4 Å². The van der Waals surface area contributed by atoms with E-state index in [2.05, 4.69) is 34.1 Å². The maximum atomic E-state index is 5.45. The van der Waals surface area contributed by atoms with Gasteiger partial charge in [0.15, 0.2) is 0 Å². The number of benzene rings is 1. The molecule has 0 amide bonds. The van der Waals surface area contributed by atoms with Crippen molar-refractivity contribution < 1.29 is 4.74 Å². The predicted molar refractivity (Wildman–Crippen MR) is 80.6 cm³/mol. The lowest BCUT2D eigenvalue weighted by Gasteiger charge is -2.19. The molecule has 1 unspecified atom stereocenters. The van der Waals surface area contributed by atoms with E-state index in [1.54, 1.807) is 7.11 Å². The molecule has 0 N–H and O–H groups in total. The summed E-state index contributed by atoms with van der Waals surface area (Å²) in [5.41, 5.74) is 1.35. The Labute approximate surface area is 119 Å². The van der Waals surface area contributed by atoms with Crippen LogP contribution in [0.4, 0.5) is 0 Å². The lowest BCUT2D eigenvalue weighted by atomic mass is 9.89. The second kappa shape index (κ2) is 7.18. The molecule has 1 aliphatic rings. The van der Waals surface area contributed by atoms with Crippen molar-refractivity contribution in [3.63, 3.8) is 0 Å². The van der Waals surface area contributed by atoms with E-state index >= 15 is 0 Å². The maximum Gasteiger partial charge on any atom is 0.122 e. The Balaban J connectivity index is 1.96. The fraction of sp³-hybridized carbons (Fsp3) is 0.625. The van der Waals surface area contributed by atoms with E-state index in [-0.39, 0.29) is 0 Å². The zero-order valence-corrected chi connectivity index (χ0v) is 12.8. The van der Waals surface area contributed by atoms with E-state index in [0.29, 0.717) is 0 Å². The molecule has 1 fully saturated rings. The SMILES string of the molecule is COc1ccccc1CC(CBr)CC1CCCC1. The van der Waals surface area contributed by atoms with Crippen LogP contribution in [0.15, 0.2) is 24.3 Å². The number of para-hydroxylation sites is 1. The molecule has 1 aromatic rings. The lowest BCUT2D eigenvalue weighted by molar-refractivity contribution is 0.384. The van der Waals surface area contributed by atoms with Crippen LogP contribution in [-0.2, 0) is 6.42 Å². The molecule has 1 atom stereocenters. The average molecular weight is 311 g/mol. The highest BCUT2D eigenvalue weighted by Gasteiger charge is 2.20. The van der Waals surface area contributed by atoms with Crippen LogP contribution in [0.5, 0.6) is 5.75 Å². The molecular weight excluding hydrogens is 288 g/mol. The Morgan fingerprint density at radius 3 is 2.67 bits per heavy atom. The molecule has 1 aliphatic carbocycles. The summed E-state index contributed by atoms with van der Waals surface area (Å²) < 4.78 is 5.45. The number of methoxy groups -OCH3 is 1. The molecule has 18 heavy (non-hydrogen) atoms. The van der Waals surface area contributed by atoms with Gasteiger partial charge in [-0.15, -0.1) is 0 Å². The first-order chi connectivity index (χ1) is 8.83. The highest BCUT2D eigenvalue weighted by atomic mass is 79.9. The first-order valence-electron chi connectivity index (χ1n) is 7.01. The number of rotatable bonds is 6. The second-order valence-electron chi connectivity index (χ2n) is 5.42. The van der Waals surface area contributed by atoms with E-state index in [1.807, 2.05) is 6.07 Å². The summed E-state index contributed by atoms with van der Waals surface area (Å²) >= 11 is 3.69. The first-order valence-corrected chi connectivity index (χ1v) is 8.13. The van der Waals surface area contributed by atoms with Crippen LogP contribution >= 0.6 is 15.9 Å². The van der Waals surface area contributed by atoms with E-state index in [9.17, 15) is 0 Å². The van der Waals surface area contributed by atoms with Crippen molar-refractivity contribution >= 4 is 15.9 Å². The summed E-state index contributed by atoms with van der Waals surface area (Å²) in [6, 6.07) is 8.42. The standard InChI is InChI=1S/C16H23BrO/c1-18-16-9-5-4-8-15(16)11-14(12-17)10-13-6-2-3-7-13/h4-5,8-9,13-14H,2-3,6-7,10-12H2,1H3. The minimum atomic E-state index is 0.740. The highest BCUT2D eigenvalue weighted by Crippen LogP contribution is 2.33.